The highest BCUT2D eigenvalue weighted by atomic mass is 32.2. The minimum Gasteiger partial charge on any atom is -0.330 e. The molecule has 0 fully saturated rings. The van der Waals surface area contributed by atoms with Crippen LogP contribution in [0.15, 0.2) is 59.5 Å². The average molecular weight is 328 g/mol. The maximum Gasteiger partial charge on any atom is 0.00746 e. The first-order valence-electron chi connectivity index (χ1n) is 8.84. The molecule has 0 aliphatic rings. The molecule has 0 saturated carbocycles. The van der Waals surface area contributed by atoms with Gasteiger partial charge in [-0.25, -0.2) is 0 Å². The minimum absolute atomic E-state index is 0.778. The van der Waals surface area contributed by atoms with Gasteiger partial charge in [0, 0.05) is 4.90 Å². The zero-order chi connectivity index (χ0) is 16.2. The summed E-state index contributed by atoms with van der Waals surface area (Å²) in [6.07, 6.45) is 8.70. The van der Waals surface area contributed by atoms with Crippen molar-refractivity contribution in [3.05, 3.63) is 65.7 Å². The van der Waals surface area contributed by atoms with Crippen LogP contribution in [-0.2, 0) is 12.8 Å². The molecule has 0 atom stereocenters. The van der Waals surface area contributed by atoms with Crippen LogP contribution in [0.2, 0.25) is 0 Å². The van der Waals surface area contributed by atoms with E-state index in [2.05, 4.69) is 54.6 Å². The van der Waals surface area contributed by atoms with Crippen LogP contribution >= 0.6 is 11.8 Å². The number of hydrogen-bond acceptors (Lipinski definition) is 2. The highest BCUT2D eigenvalue weighted by Gasteiger charge is 1.98. The first-order chi connectivity index (χ1) is 11.4. The zero-order valence-electron chi connectivity index (χ0n) is 14.0. The van der Waals surface area contributed by atoms with Gasteiger partial charge in [0.05, 0.1) is 0 Å². The number of benzene rings is 2. The molecule has 2 aromatic rings. The second kappa shape index (κ2) is 11.3. The van der Waals surface area contributed by atoms with Crippen molar-refractivity contribution in [3.8, 4) is 0 Å². The summed E-state index contributed by atoms with van der Waals surface area (Å²) in [4.78, 5) is 1.41. The summed E-state index contributed by atoms with van der Waals surface area (Å²) in [5.41, 5.74) is 8.47. The van der Waals surface area contributed by atoms with Crippen molar-refractivity contribution in [3.63, 3.8) is 0 Å². The minimum atomic E-state index is 0.778. The van der Waals surface area contributed by atoms with Crippen molar-refractivity contribution in [1.82, 2.24) is 0 Å². The lowest BCUT2D eigenvalue weighted by Gasteiger charge is -2.05. The van der Waals surface area contributed by atoms with Crippen LogP contribution in [0.1, 0.15) is 43.2 Å². The second-order valence-electron chi connectivity index (χ2n) is 6.04. The van der Waals surface area contributed by atoms with Gasteiger partial charge < -0.3 is 5.73 Å². The number of rotatable bonds is 11. The lowest BCUT2D eigenvalue weighted by molar-refractivity contribution is 0.670. The molecule has 0 aliphatic heterocycles. The van der Waals surface area contributed by atoms with E-state index in [4.69, 9.17) is 5.73 Å². The van der Waals surface area contributed by atoms with Gasteiger partial charge in [0.2, 0.25) is 0 Å². The number of nitrogens with two attached hydrogens (primary N) is 1. The number of thioether (sulfide) groups is 1. The standard InChI is InChI=1S/C21H29NS/c22-16-9-14-20-13-8-15-21(18-20)23-17-7-2-1-4-10-19-11-5-3-6-12-19/h3,5-6,8,11-13,15,18H,1-2,4,7,9-10,14,16-17,22H2. The molecule has 0 radical (unpaired) electrons. The molecule has 0 spiro atoms. The Morgan fingerprint density at radius 1 is 0.696 bits per heavy atom. The van der Waals surface area contributed by atoms with E-state index >= 15 is 0 Å². The first kappa shape index (κ1) is 18.1. The molecule has 2 aromatic carbocycles. The van der Waals surface area contributed by atoms with Crippen molar-refractivity contribution in [2.75, 3.05) is 12.3 Å². The van der Waals surface area contributed by atoms with E-state index in [0.717, 1.165) is 19.4 Å². The van der Waals surface area contributed by atoms with E-state index in [-0.39, 0.29) is 0 Å². The van der Waals surface area contributed by atoms with Crippen LogP contribution in [0.5, 0.6) is 0 Å². The van der Waals surface area contributed by atoms with E-state index in [1.807, 2.05) is 11.8 Å². The Kier molecular flexibility index (Phi) is 8.90. The van der Waals surface area contributed by atoms with Crippen LogP contribution in [-0.4, -0.2) is 12.3 Å². The summed E-state index contributed by atoms with van der Waals surface area (Å²) in [6, 6.07) is 19.8. The Morgan fingerprint density at radius 2 is 1.43 bits per heavy atom. The van der Waals surface area contributed by atoms with E-state index in [1.165, 1.54) is 53.9 Å². The summed E-state index contributed by atoms with van der Waals surface area (Å²) < 4.78 is 0. The summed E-state index contributed by atoms with van der Waals surface area (Å²) in [5, 5.41) is 0. The highest BCUT2D eigenvalue weighted by Crippen LogP contribution is 2.21. The highest BCUT2D eigenvalue weighted by molar-refractivity contribution is 7.99. The predicted octanol–water partition coefficient (Wildman–Crippen LogP) is 5.47. The molecule has 0 amide bonds. The van der Waals surface area contributed by atoms with Crippen molar-refractivity contribution >= 4 is 11.8 Å². The Labute approximate surface area is 145 Å². The number of unbranched alkanes of at least 4 members (excludes halogenated alkanes) is 3. The number of hydrogen-bond donors (Lipinski definition) is 1. The maximum absolute atomic E-state index is 5.58. The van der Waals surface area contributed by atoms with Gasteiger partial charge in [-0.3, -0.25) is 0 Å². The van der Waals surface area contributed by atoms with Crippen molar-refractivity contribution < 1.29 is 0 Å². The molecule has 0 aliphatic carbocycles. The van der Waals surface area contributed by atoms with Gasteiger partial charge in [-0.05, 0) is 67.7 Å². The molecule has 0 bridgehead atoms. The third-order valence-corrected chi connectivity index (χ3v) is 5.12. The van der Waals surface area contributed by atoms with E-state index in [9.17, 15) is 0 Å². The Balaban J connectivity index is 1.55. The lowest BCUT2D eigenvalue weighted by Crippen LogP contribution is -2.00. The van der Waals surface area contributed by atoms with E-state index < -0.39 is 0 Å². The summed E-state index contributed by atoms with van der Waals surface area (Å²) in [7, 11) is 0. The van der Waals surface area contributed by atoms with Crippen LogP contribution in [0, 0.1) is 0 Å². The van der Waals surface area contributed by atoms with Gasteiger partial charge in [0.15, 0.2) is 0 Å². The SMILES string of the molecule is NCCCc1cccc(SCCCCCCc2ccccc2)c1. The molecule has 2 N–H and O–H groups in total. The van der Waals surface area contributed by atoms with Gasteiger partial charge >= 0.3 is 0 Å². The van der Waals surface area contributed by atoms with Gasteiger partial charge in [0.25, 0.3) is 0 Å². The molecular formula is C21H29NS. The lowest BCUT2D eigenvalue weighted by atomic mass is 10.1. The Morgan fingerprint density at radius 3 is 2.26 bits per heavy atom. The second-order valence-corrected chi connectivity index (χ2v) is 7.21. The van der Waals surface area contributed by atoms with E-state index in [1.54, 1.807) is 0 Å². The fourth-order valence-electron chi connectivity index (χ4n) is 2.72. The van der Waals surface area contributed by atoms with Crippen molar-refractivity contribution in [2.45, 2.75) is 49.8 Å². The predicted molar refractivity (Wildman–Crippen MR) is 103 cm³/mol. The van der Waals surface area contributed by atoms with Gasteiger partial charge in [-0.2, -0.15) is 0 Å². The van der Waals surface area contributed by atoms with Gasteiger partial charge in [-0.1, -0.05) is 55.3 Å². The third-order valence-electron chi connectivity index (χ3n) is 4.04. The maximum atomic E-state index is 5.58. The van der Waals surface area contributed by atoms with Gasteiger partial charge in [-0.15, -0.1) is 11.8 Å². The quantitative estimate of drug-likeness (QED) is 0.437. The van der Waals surface area contributed by atoms with Crippen molar-refractivity contribution in [1.29, 1.82) is 0 Å². The normalized spacial score (nSPS) is 10.8. The fourth-order valence-corrected chi connectivity index (χ4v) is 3.71. The van der Waals surface area contributed by atoms with Crippen LogP contribution in [0.25, 0.3) is 0 Å². The van der Waals surface area contributed by atoms with Crippen LogP contribution in [0.4, 0.5) is 0 Å². The molecule has 0 saturated heterocycles. The molecule has 0 heterocycles. The molecule has 0 unspecified atom stereocenters. The van der Waals surface area contributed by atoms with Crippen molar-refractivity contribution in [2.24, 2.45) is 5.73 Å². The largest absolute Gasteiger partial charge is 0.330 e. The molecule has 124 valence electrons. The molecule has 1 nitrogen and oxygen atoms in total. The van der Waals surface area contributed by atoms with Crippen LogP contribution in [0.3, 0.4) is 0 Å². The zero-order valence-corrected chi connectivity index (χ0v) is 14.9. The topological polar surface area (TPSA) is 26.0 Å². The average Bonchev–Trinajstić information content (AvgIpc) is 2.60. The summed E-state index contributed by atoms with van der Waals surface area (Å²) in [6.45, 7) is 0.778. The Bertz CT molecular complexity index is 539. The fraction of sp³-hybridized carbons (Fsp3) is 0.429. The molecule has 0 aromatic heterocycles. The summed E-state index contributed by atoms with van der Waals surface area (Å²) >= 11 is 1.99. The molecule has 2 heteroatoms. The Hall–Kier alpha value is -1.25. The third kappa shape index (κ3) is 7.71. The molecular weight excluding hydrogens is 298 g/mol. The smallest absolute Gasteiger partial charge is 0.00746 e. The molecule has 2 rings (SSSR count). The molecule has 23 heavy (non-hydrogen) atoms. The van der Waals surface area contributed by atoms with Crippen LogP contribution < -0.4 is 5.73 Å². The van der Waals surface area contributed by atoms with E-state index in [0.29, 0.717) is 0 Å². The first-order valence-corrected chi connectivity index (χ1v) is 9.83. The van der Waals surface area contributed by atoms with Gasteiger partial charge in [0.1, 0.15) is 0 Å². The monoisotopic (exact) mass is 327 g/mol. The summed E-state index contributed by atoms with van der Waals surface area (Å²) in [5.74, 6) is 1.23. The number of aryl methyl sites for hydroxylation is 2.